The predicted octanol–water partition coefficient (Wildman–Crippen LogP) is 3.83. The van der Waals surface area contributed by atoms with Crippen molar-refractivity contribution >= 4 is 18.3 Å². The van der Waals surface area contributed by atoms with Crippen molar-refractivity contribution in [2.75, 3.05) is 40.5 Å². The molecule has 7 nitrogen and oxygen atoms in total. The van der Waals surface area contributed by atoms with Gasteiger partial charge in [-0.1, -0.05) is 26.3 Å². The lowest BCUT2D eigenvalue weighted by Gasteiger charge is -2.30. The van der Waals surface area contributed by atoms with Gasteiger partial charge >= 0.3 is 0 Å². The van der Waals surface area contributed by atoms with Crippen LogP contribution in [0.1, 0.15) is 57.9 Å². The monoisotopic (exact) mass is 500 g/mol. The Bertz CT molecular complexity index is 718. The van der Waals surface area contributed by atoms with E-state index in [1.54, 1.807) is 19.1 Å². The molecule has 3 unspecified atom stereocenters. The van der Waals surface area contributed by atoms with Gasteiger partial charge in [-0.25, -0.2) is 0 Å². The van der Waals surface area contributed by atoms with Crippen molar-refractivity contribution in [1.82, 2.24) is 4.90 Å². The molecule has 0 radical (unpaired) electrons. The number of carbonyl (C=O) groups is 1. The second-order valence-electron chi connectivity index (χ2n) is 9.51. The summed E-state index contributed by atoms with van der Waals surface area (Å²) in [6, 6.07) is 5.67. The number of hydrogen-bond acceptors (Lipinski definition) is 6. The van der Waals surface area contributed by atoms with Gasteiger partial charge in [0.25, 0.3) is 0 Å². The minimum Gasteiger partial charge on any atom is -0.493 e. The number of nitrogens with two attached hydrogens (primary N) is 1. The maximum atomic E-state index is 12.3. The topological polar surface area (TPSA) is 94.3 Å². The first kappa shape index (κ1) is 30.5. The third-order valence-corrected chi connectivity index (χ3v) is 6.57. The average Bonchev–Trinajstić information content (AvgIpc) is 3.00. The summed E-state index contributed by atoms with van der Waals surface area (Å²) < 4.78 is 16.5. The molecule has 0 bridgehead atoms. The third kappa shape index (κ3) is 9.98. The highest BCUT2D eigenvalue weighted by molar-refractivity contribution is 5.85. The predicted molar refractivity (Wildman–Crippen MR) is 138 cm³/mol. The number of β-amino-alcohol motifs (C(OH)–C–C–N with tert-alkyl or cyclic N) is 1. The van der Waals surface area contributed by atoms with E-state index in [2.05, 4.69) is 19.9 Å². The summed E-state index contributed by atoms with van der Waals surface area (Å²) in [5.74, 6) is 2.28. The van der Waals surface area contributed by atoms with Gasteiger partial charge in [0.2, 0.25) is 5.91 Å². The first-order chi connectivity index (χ1) is 15.8. The fraction of sp³-hybridized carbons (Fsp3) is 0.731. The number of nitrogens with zero attached hydrogens (tertiary/aromatic N) is 1. The molecule has 0 aromatic heterocycles. The second kappa shape index (κ2) is 16.2. The molecule has 1 aliphatic rings. The SMILES string of the molecule is COCCCOc1cc(CC(CC(N)C(O)CN2CCCCCC2=O)C(C)C)ccc1OC.Cl. The van der Waals surface area contributed by atoms with Crippen molar-refractivity contribution in [3.05, 3.63) is 23.8 Å². The van der Waals surface area contributed by atoms with Crippen LogP contribution < -0.4 is 15.2 Å². The van der Waals surface area contributed by atoms with E-state index < -0.39 is 6.10 Å². The van der Waals surface area contributed by atoms with Gasteiger partial charge in [-0.15, -0.1) is 12.4 Å². The van der Waals surface area contributed by atoms with Crippen LogP contribution in [-0.2, 0) is 16.0 Å². The van der Waals surface area contributed by atoms with Crippen molar-refractivity contribution in [1.29, 1.82) is 0 Å². The largest absolute Gasteiger partial charge is 0.493 e. The zero-order chi connectivity index (χ0) is 24.2. The number of halogens is 1. The summed E-state index contributed by atoms with van der Waals surface area (Å²) in [6.45, 7) is 6.64. The van der Waals surface area contributed by atoms with Crippen LogP contribution in [0.15, 0.2) is 18.2 Å². The van der Waals surface area contributed by atoms with Crippen LogP contribution >= 0.6 is 12.4 Å². The zero-order valence-corrected chi connectivity index (χ0v) is 22.1. The van der Waals surface area contributed by atoms with E-state index in [-0.39, 0.29) is 24.4 Å². The van der Waals surface area contributed by atoms with Gasteiger partial charge in [0.15, 0.2) is 11.5 Å². The number of likely N-dealkylation sites (tertiary alicyclic amines) is 1. The molecule has 1 heterocycles. The molecule has 1 amide bonds. The third-order valence-electron chi connectivity index (χ3n) is 6.57. The number of benzene rings is 1. The fourth-order valence-corrected chi connectivity index (χ4v) is 4.34. The Kier molecular flexibility index (Phi) is 14.5. The van der Waals surface area contributed by atoms with E-state index in [1.807, 2.05) is 12.1 Å². The minimum atomic E-state index is -0.719. The Labute approximate surface area is 211 Å². The lowest BCUT2D eigenvalue weighted by atomic mass is 9.83. The Morgan fingerprint density at radius 1 is 1.12 bits per heavy atom. The maximum Gasteiger partial charge on any atom is 0.222 e. The highest BCUT2D eigenvalue weighted by Crippen LogP contribution is 2.31. The van der Waals surface area contributed by atoms with Crippen LogP contribution in [0.5, 0.6) is 11.5 Å². The first-order valence-corrected chi connectivity index (χ1v) is 12.4. The molecule has 1 aromatic carbocycles. The van der Waals surface area contributed by atoms with E-state index in [4.69, 9.17) is 19.9 Å². The highest BCUT2D eigenvalue weighted by Gasteiger charge is 2.26. The number of ether oxygens (including phenoxy) is 3. The molecular formula is C26H45ClN2O5. The van der Waals surface area contributed by atoms with E-state index in [0.717, 1.165) is 50.0 Å². The van der Waals surface area contributed by atoms with Crippen molar-refractivity contribution < 1.29 is 24.1 Å². The number of aliphatic hydroxyl groups excluding tert-OH is 1. The number of aliphatic hydroxyl groups is 1. The van der Waals surface area contributed by atoms with Gasteiger partial charge in [-0.2, -0.15) is 0 Å². The average molecular weight is 501 g/mol. The van der Waals surface area contributed by atoms with E-state index in [9.17, 15) is 9.90 Å². The molecule has 1 saturated heterocycles. The zero-order valence-electron chi connectivity index (χ0n) is 21.3. The van der Waals surface area contributed by atoms with Crippen LogP contribution in [0.4, 0.5) is 0 Å². The van der Waals surface area contributed by atoms with Crippen molar-refractivity contribution in [2.45, 2.75) is 70.9 Å². The standard InChI is InChI=1S/C26H44N2O5.ClH/c1-19(2)21(17-22(27)23(29)18-28-12-7-5-6-9-26(28)30)15-20-10-11-24(32-4)25(16-20)33-14-8-13-31-3;/h10-11,16,19,21-23,29H,5-9,12-15,17-18,27H2,1-4H3;1H. The van der Waals surface area contributed by atoms with Gasteiger partial charge in [0, 0.05) is 45.7 Å². The molecule has 1 aliphatic heterocycles. The number of hydrogen-bond donors (Lipinski definition) is 2. The molecule has 2 rings (SSSR count). The van der Waals surface area contributed by atoms with Gasteiger partial charge < -0.3 is 30.0 Å². The van der Waals surface area contributed by atoms with E-state index in [1.165, 1.54) is 0 Å². The van der Waals surface area contributed by atoms with Gasteiger partial charge in [0.05, 0.1) is 19.8 Å². The molecule has 8 heteroatoms. The number of amides is 1. The fourth-order valence-electron chi connectivity index (χ4n) is 4.34. The summed E-state index contributed by atoms with van der Waals surface area (Å²) in [5, 5.41) is 10.8. The molecule has 0 aliphatic carbocycles. The lowest BCUT2D eigenvalue weighted by Crippen LogP contribution is -2.46. The van der Waals surface area contributed by atoms with Crippen LogP contribution in [0, 0.1) is 11.8 Å². The molecule has 1 fully saturated rings. The quantitative estimate of drug-likeness (QED) is 0.377. The minimum absolute atomic E-state index is 0. The molecule has 196 valence electrons. The van der Waals surface area contributed by atoms with Gasteiger partial charge in [-0.05, 0) is 55.2 Å². The summed E-state index contributed by atoms with van der Waals surface area (Å²) in [4.78, 5) is 14.1. The second-order valence-corrected chi connectivity index (χ2v) is 9.51. The van der Waals surface area contributed by atoms with Gasteiger partial charge in [0.1, 0.15) is 0 Å². The Morgan fingerprint density at radius 2 is 1.88 bits per heavy atom. The Hall–Kier alpha value is -1.54. The van der Waals surface area contributed by atoms with Crippen molar-refractivity contribution in [2.24, 2.45) is 17.6 Å². The van der Waals surface area contributed by atoms with Gasteiger partial charge in [-0.3, -0.25) is 4.79 Å². The van der Waals surface area contributed by atoms with Crippen LogP contribution in [0.2, 0.25) is 0 Å². The summed E-state index contributed by atoms with van der Waals surface area (Å²) >= 11 is 0. The molecule has 0 spiro atoms. The van der Waals surface area contributed by atoms with E-state index >= 15 is 0 Å². The van der Waals surface area contributed by atoms with Crippen LogP contribution in [0.25, 0.3) is 0 Å². The van der Waals surface area contributed by atoms with E-state index in [0.29, 0.717) is 50.2 Å². The van der Waals surface area contributed by atoms with Crippen LogP contribution in [-0.4, -0.2) is 68.6 Å². The number of methoxy groups -OCH3 is 2. The Morgan fingerprint density at radius 3 is 2.56 bits per heavy atom. The van der Waals surface area contributed by atoms with Crippen molar-refractivity contribution in [3.63, 3.8) is 0 Å². The summed E-state index contributed by atoms with van der Waals surface area (Å²) in [7, 11) is 3.32. The Balaban J connectivity index is 0.00000578. The molecule has 0 saturated carbocycles. The van der Waals surface area contributed by atoms with Crippen molar-refractivity contribution in [3.8, 4) is 11.5 Å². The number of rotatable bonds is 14. The molecule has 34 heavy (non-hydrogen) atoms. The first-order valence-electron chi connectivity index (χ1n) is 12.4. The molecule has 1 aromatic rings. The number of carbonyl (C=O) groups excluding carboxylic acids is 1. The smallest absolute Gasteiger partial charge is 0.222 e. The molecular weight excluding hydrogens is 456 g/mol. The summed E-state index contributed by atoms with van der Waals surface area (Å²) in [5.41, 5.74) is 7.59. The lowest BCUT2D eigenvalue weighted by molar-refractivity contribution is -0.132. The molecule has 3 atom stereocenters. The highest BCUT2D eigenvalue weighted by atomic mass is 35.5. The van der Waals surface area contributed by atoms with Crippen LogP contribution in [0.3, 0.4) is 0 Å². The summed E-state index contributed by atoms with van der Waals surface area (Å²) in [6.07, 6.45) is 5.19. The normalized spacial score (nSPS) is 17.0. The molecule has 3 N–H and O–H groups in total. The maximum absolute atomic E-state index is 12.3.